The largest absolute Gasteiger partial charge is 0.254 e. The highest BCUT2D eigenvalue weighted by molar-refractivity contribution is 6.30. The van der Waals surface area contributed by atoms with Crippen molar-refractivity contribution in [2.75, 3.05) is 0 Å². The van der Waals surface area contributed by atoms with E-state index < -0.39 is 0 Å². The molecule has 5 aromatic rings. The van der Waals surface area contributed by atoms with Crippen LogP contribution in [-0.4, -0.2) is 24.6 Å². The van der Waals surface area contributed by atoms with Gasteiger partial charge in [-0.05, 0) is 61.9 Å². The summed E-state index contributed by atoms with van der Waals surface area (Å²) in [7, 11) is 0. The molecule has 136 valence electrons. The smallest absolute Gasteiger partial charge is 0.121 e. The lowest BCUT2D eigenvalue weighted by atomic mass is 10.1. The molecule has 0 aliphatic rings. The van der Waals surface area contributed by atoms with Gasteiger partial charge in [-0.3, -0.25) is 9.97 Å². The highest BCUT2D eigenvalue weighted by Crippen LogP contribution is 2.34. The Morgan fingerprint density at radius 3 is 2.64 bits per heavy atom. The number of hydrogen-bond acceptors (Lipinski definition) is 4. The van der Waals surface area contributed by atoms with Crippen LogP contribution in [0.4, 0.5) is 0 Å². The van der Waals surface area contributed by atoms with Gasteiger partial charge in [0, 0.05) is 18.1 Å². The van der Waals surface area contributed by atoms with Crippen molar-refractivity contribution in [3.63, 3.8) is 0 Å². The maximum Gasteiger partial charge on any atom is 0.121 e. The molecule has 0 N–H and O–H groups in total. The van der Waals surface area contributed by atoms with Crippen molar-refractivity contribution < 1.29 is 0 Å². The number of hydrogen-bond donors (Lipinski definition) is 0. The standard InChI is InChI=1S/C22H16ClN5/c1-13-10-19-16(24-11-13)7-8-17(26-19)21-20-9-6-15(23)12-28(20)27-22(21)18-5-3-4-14(2)25-18/h3-12H,1-2H3. The summed E-state index contributed by atoms with van der Waals surface area (Å²) >= 11 is 6.19. The monoisotopic (exact) mass is 385 g/mol. The van der Waals surface area contributed by atoms with E-state index in [1.807, 2.05) is 68.6 Å². The molecule has 6 heteroatoms. The van der Waals surface area contributed by atoms with Crippen molar-refractivity contribution >= 4 is 28.2 Å². The average Bonchev–Trinajstić information content (AvgIpc) is 3.06. The molecule has 28 heavy (non-hydrogen) atoms. The zero-order valence-electron chi connectivity index (χ0n) is 15.4. The van der Waals surface area contributed by atoms with Gasteiger partial charge in [0.25, 0.3) is 0 Å². The third kappa shape index (κ3) is 2.80. The molecule has 5 aromatic heterocycles. The highest BCUT2D eigenvalue weighted by atomic mass is 35.5. The van der Waals surface area contributed by atoms with E-state index in [4.69, 9.17) is 21.7 Å². The number of aryl methyl sites for hydroxylation is 2. The van der Waals surface area contributed by atoms with Crippen LogP contribution in [-0.2, 0) is 0 Å². The molecular weight excluding hydrogens is 370 g/mol. The molecular formula is C22H16ClN5. The van der Waals surface area contributed by atoms with E-state index in [0.29, 0.717) is 5.02 Å². The number of nitrogens with zero attached hydrogens (tertiary/aromatic N) is 5. The molecule has 0 aliphatic carbocycles. The number of pyridine rings is 4. The highest BCUT2D eigenvalue weighted by Gasteiger charge is 2.19. The molecule has 0 fully saturated rings. The number of rotatable bonds is 2. The summed E-state index contributed by atoms with van der Waals surface area (Å²) in [5.74, 6) is 0. The minimum Gasteiger partial charge on any atom is -0.254 e. The molecule has 0 unspecified atom stereocenters. The fraction of sp³-hybridized carbons (Fsp3) is 0.0909. The van der Waals surface area contributed by atoms with Gasteiger partial charge in [0.1, 0.15) is 5.69 Å². The van der Waals surface area contributed by atoms with Gasteiger partial charge in [0.2, 0.25) is 0 Å². The molecule has 0 saturated carbocycles. The quantitative estimate of drug-likeness (QED) is 0.415. The second-order valence-electron chi connectivity index (χ2n) is 6.81. The van der Waals surface area contributed by atoms with Crippen LogP contribution in [0.1, 0.15) is 11.3 Å². The Balaban J connectivity index is 1.83. The topological polar surface area (TPSA) is 56.0 Å². The predicted molar refractivity (Wildman–Crippen MR) is 111 cm³/mol. The van der Waals surface area contributed by atoms with E-state index in [2.05, 4.69) is 9.97 Å². The number of fused-ring (bicyclic) bond motifs is 2. The molecule has 0 aromatic carbocycles. The fourth-order valence-electron chi connectivity index (χ4n) is 3.38. The minimum absolute atomic E-state index is 0.622. The van der Waals surface area contributed by atoms with Gasteiger partial charge >= 0.3 is 0 Å². The van der Waals surface area contributed by atoms with Crippen molar-refractivity contribution in [2.45, 2.75) is 13.8 Å². The summed E-state index contributed by atoms with van der Waals surface area (Å²) in [5, 5.41) is 5.39. The number of aromatic nitrogens is 5. The van der Waals surface area contributed by atoms with Crippen LogP contribution in [0.2, 0.25) is 5.02 Å². The summed E-state index contributed by atoms with van der Waals surface area (Å²) in [6.45, 7) is 3.98. The fourth-order valence-corrected chi connectivity index (χ4v) is 3.53. The Labute approximate surface area is 166 Å². The van der Waals surface area contributed by atoms with Crippen LogP contribution < -0.4 is 0 Å². The first-order valence-corrected chi connectivity index (χ1v) is 9.32. The normalized spacial score (nSPS) is 11.4. The maximum absolute atomic E-state index is 6.19. The van der Waals surface area contributed by atoms with E-state index in [0.717, 1.165) is 50.5 Å². The Morgan fingerprint density at radius 2 is 1.79 bits per heavy atom. The van der Waals surface area contributed by atoms with Crippen LogP contribution in [0.3, 0.4) is 0 Å². The van der Waals surface area contributed by atoms with Crippen LogP contribution >= 0.6 is 11.6 Å². The zero-order chi connectivity index (χ0) is 19.3. The lowest BCUT2D eigenvalue weighted by Crippen LogP contribution is -1.92. The minimum atomic E-state index is 0.622. The first kappa shape index (κ1) is 16.8. The number of halogens is 1. The molecule has 5 heterocycles. The van der Waals surface area contributed by atoms with Crippen molar-refractivity contribution in [3.05, 3.63) is 77.2 Å². The molecule has 5 rings (SSSR count). The van der Waals surface area contributed by atoms with Gasteiger partial charge in [0.05, 0.1) is 38.5 Å². The van der Waals surface area contributed by atoms with Crippen molar-refractivity contribution in [2.24, 2.45) is 0 Å². The molecule has 0 bridgehead atoms. The lowest BCUT2D eigenvalue weighted by Gasteiger charge is -2.06. The van der Waals surface area contributed by atoms with Crippen LogP contribution in [0, 0.1) is 13.8 Å². The van der Waals surface area contributed by atoms with Gasteiger partial charge in [-0.2, -0.15) is 5.10 Å². The molecule has 0 spiro atoms. The average molecular weight is 386 g/mol. The summed E-state index contributed by atoms with van der Waals surface area (Å²) < 4.78 is 1.79. The maximum atomic E-state index is 6.19. The lowest BCUT2D eigenvalue weighted by molar-refractivity contribution is 0.961. The van der Waals surface area contributed by atoms with Crippen molar-refractivity contribution in [1.82, 2.24) is 24.6 Å². The molecule has 5 nitrogen and oxygen atoms in total. The first-order chi connectivity index (χ1) is 13.6. The predicted octanol–water partition coefficient (Wildman–Crippen LogP) is 5.28. The van der Waals surface area contributed by atoms with Gasteiger partial charge in [-0.25, -0.2) is 9.50 Å². The summed E-state index contributed by atoms with van der Waals surface area (Å²) in [5.41, 5.74) is 7.99. The Kier molecular flexibility index (Phi) is 3.84. The third-order valence-electron chi connectivity index (χ3n) is 4.65. The summed E-state index contributed by atoms with van der Waals surface area (Å²) in [6, 6.07) is 15.8. The first-order valence-electron chi connectivity index (χ1n) is 8.94. The third-order valence-corrected chi connectivity index (χ3v) is 4.88. The summed E-state index contributed by atoms with van der Waals surface area (Å²) in [4.78, 5) is 14.0. The molecule has 0 amide bonds. The Morgan fingerprint density at radius 1 is 0.893 bits per heavy atom. The van der Waals surface area contributed by atoms with Gasteiger partial charge < -0.3 is 0 Å². The van der Waals surface area contributed by atoms with E-state index in [1.54, 1.807) is 10.7 Å². The van der Waals surface area contributed by atoms with Crippen molar-refractivity contribution in [3.8, 4) is 22.6 Å². The molecule has 0 atom stereocenters. The van der Waals surface area contributed by atoms with E-state index >= 15 is 0 Å². The van der Waals surface area contributed by atoms with Gasteiger partial charge in [-0.1, -0.05) is 17.7 Å². The van der Waals surface area contributed by atoms with Crippen LogP contribution in [0.25, 0.3) is 39.2 Å². The SMILES string of the molecule is Cc1cnc2ccc(-c3c(-c4cccc(C)n4)nn4cc(Cl)ccc34)nc2c1. The molecule has 0 radical (unpaired) electrons. The second-order valence-corrected chi connectivity index (χ2v) is 7.25. The Hall–Kier alpha value is -3.31. The Bertz CT molecular complexity index is 1360. The van der Waals surface area contributed by atoms with E-state index in [1.165, 1.54) is 0 Å². The van der Waals surface area contributed by atoms with E-state index in [-0.39, 0.29) is 0 Å². The molecule has 0 aliphatic heterocycles. The summed E-state index contributed by atoms with van der Waals surface area (Å²) in [6.07, 6.45) is 3.65. The van der Waals surface area contributed by atoms with Gasteiger partial charge in [-0.15, -0.1) is 0 Å². The van der Waals surface area contributed by atoms with Crippen LogP contribution in [0.15, 0.2) is 60.9 Å². The second kappa shape index (κ2) is 6.39. The van der Waals surface area contributed by atoms with Crippen LogP contribution in [0.5, 0.6) is 0 Å². The van der Waals surface area contributed by atoms with Crippen molar-refractivity contribution in [1.29, 1.82) is 0 Å². The van der Waals surface area contributed by atoms with E-state index in [9.17, 15) is 0 Å². The van der Waals surface area contributed by atoms with Gasteiger partial charge in [0.15, 0.2) is 0 Å². The zero-order valence-corrected chi connectivity index (χ0v) is 16.1. The molecule has 0 saturated heterocycles.